The summed E-state index contributed by atoms with van der Waals surface area (Å²) in [6.45, 7) is 6.52. The molecule has 1 aromatic rings. The fourth-order valence-electron chi connectivity index (χ4n) is 1.98. The van der Waals surface area contributed by atoms with Crippen LogP contribution in [0.3, 0.4) is 0 Å². The third-order valence-electron chi connectivity index (χ3n) is 3.19. The molecule has 0 radical (unpaired) electrons. The van der Waals surface area contributed by atoms with Crippen LogP contribution in [-0.4, -0.2) is 37.2 Å². The van der Waals surface area contributed by atoms with Gasteiger partial charge in [-0.25, -0.2) is 0 Å². The minimum absolute atomic E-state index is 0.00760. The number of nitrogens with one attached hydrogen (secondary N) is 1. The van der Waals surface area contributed by atoms with Gasteiger partial charge in [0.05, 0.1) is 18.7 Å². The minimum atomic E-state index is -0.895. The van der Waals surface area contributed by atoms with Gasteiger partial charge in [0, 0.05) is 18.5 Å². The average Bonchev–Trinajstić information content (AvgIpc) is 2.49. The minimum Gasteiger partial charge on any atom is -0.493 e. The molecule has 0 aliphatic heterocycles. The van der Waals surface area contributed by atoms with Crippen molar-refractivity contribution in [2.24, 2.45) is 11.8 Å². The number of carboxylic acids is 1. The van der Waals surface area contributed by atoms with Crippen molar-refractivity contribution in [2.75, 3.05) is 20.3 Å². The molecule has 2 N–H and O–H groups in total. The Morgan fingerprint density at radius 2 is 1.96 bits per heavy atom. The van der Waals surface area contributed by atoms with E-state index in [1.54, 1.807) is 13.0 Å². The van der Waals surface area contributed by atoms with Gasteiger partial charge in [-0.2, -0.15) is 0 Å². The van der Waals surface area contributed by atoms with Crippen LogP contribution in [0.5, 0.6) is 11.5 Å². The Hall–Kier alpha value is -1.95. The lowest BCUT2D eigenvalue weighted by Gasteiger charge is -2.16. The number of ether oxygens (including phenoxy) is 2. The second-order valence-corrected chi connectivity index (χ2v) is 6.51. The van der Waals surface area contributed by atoms with E-state index in [1.165, 1.54) is 13.2 Å². The third-order valence-corrected chi connectivity index (χ3v) is 3.47. The lowest BCUT2D eigenvalue weighted by molar-refractivity contribution is -0.137. The monoisotopic (exact) mass is 357 g/mol. The average molecular weight is 358 g/mol. The molecule has 24 heavy (non-hydrogen) atoms. The molecule has 0 spiro atoms. The summed E-state index contributed by atoms with van der Waals surface area (Å²) in [6.07, 6.45) is -0.00760. The molecule has 0 aliphatic rings. The van der Waals surface area contributed by atoms with Crippen LogP contribution >= 0.6 is 11.6 Å². The van der Waals surface area contributed by atoms with Crippen molar-refractivity contribution < 1.29 is 24.2 Å². The molecule has 0 saturated carbocycles. The number of benzene rings is 1. The van der Waals surface area contributed by atoms with E-state index in [-0.39, 0.29) is 24.8 Å². The Labute approximate surface area is 147 Å². The second-order valence-electron chi connectivity index (χ2n) is 6.11. The molecule has 0 saturated heterocycles. The number of amides is 1. The Bertz CT molecular complexity index is 589. The summed E-state index contributed by atoms with van der Waals surface area (Å²) in [5.41, 5.74) is 0.330. The molecule has 134 valence electrons. The molecule has 1 atom stereocenters. The molecule has 0 aromatic heterocycles. The summed E-state index contributed by atoms with van der Waals surface area (Å²) < 4.78 is 10.9. The summed E-state index contributed by atoms with van der Waals surface area (Å²) in [6, 6.07) is 3.07. The van der Waals surface area contributed by atoms with Crippen LogP contribution in [0.4, 0.5) is 0 Å². The van der Waals surface area contributed by atoms with Crippen molar-refractivity contribution in [3.05, 3.63) is 22.7 Å². The molecule has 0 fully saturated rings. The van der Waals surface area contributed by atoms with E-state index < -0.39 is 5.97 Å². The van der Waals surface area contributed by atoms with Gasteiger partial charge < -0.3 is 19.9 Å². The van der Waals surface area contributed by atoms with E-state index >= 15 is 0 Å². The molecule has 6 nitrogen and oxygen atoms in total. The Morgan fingerprint density at radius 1 is 1.29 bits per heavy atom. The van der Waals surface area contributed by atoms with E-state index in [0.29, 0.717) is 34.6 Å². The van der Waals surface area contributed by atoms with Crippen LogP contribution < -0.4 is 14.8 Å². The van der Waals surface area contributed by atoms with Crippen LogP contribution in [0.25, 0.3) is 0 Å². The Morgan fingerprint density at radius 3 is 2.50 bits per heavy atom. The number of methoxy groups -OCH3 is 1. The highest BCUT2D eigenvalue weighted by Gasteiger charge is 2.17. The second kappa shape index (κ2) is 9.37. The normalized spacial score (nSPS) is 11.9. The van der Waals surface area contributed by atoms with Crippen molar-refractivity contribution >= 4 is 23.5 Å². The van der Waals surface area contributed by atoms with Gasteiger partial charge in [0.1, 0.15) is 0 Å². The van der Waals surface area contributed by atoms with Gasteiger partial charge in [0.2, 0.25) is 0 Å². The van der Waals surface area contributed by atoms with Gasteiger partial charge in [-0.15, -0.1) is 0 Å². The summed E-state index contributed by atoms with van der Waals surface area (Å²) in [7, 11) is 1.48. The van der Waals surface area contributed by atoms with Crippen molar-refractivity contribution in [1.82, 2.24) is 5.32 Å². The standard InChI is InChI=1S/C17H24ClNO5/c1-10(2)9-24-16-13(18)6-12(7-14(16)23-4)17(22)19-8-11(3)5-15(20)21/h6-7,10-11H,5,8-9H2,1-4H3,(H,19,22)(H,20,21). The van der Waals surface area contributed by atoms with E-state index in [2.05, 4.69) is 5.32 Å². The number of carbonyl (C=O) groups is 2. The molecular weight excluding hydrogens is 334 g/mol. The smallest absolute Gasteiger partial charge is 0.303 e. The fourth-order valence-corrected chi connectivity index (χ4v) is 2.25. The van der Waals surface area contributed by atoms with E-state index in [4.69, 9.17) is 26.2 Å². The van der Waals surface area contributed by atoms with Crippen molar-refractivity contribution in [3.8, 4) is 11.5 Å². The number of hydrogen-bond donors (Lipinski definition) is 2. The predicted octanol–water partition coefficient (Wildman–Crippen LogP) is 3.22. The lowest BCUT2D eigenvalue weighted by atomic mass is 10.1. The van der Waals surface area contributed by atoms with Gasteiger partial charge in [-0.05, 0) is 24.0 Å². The van der Waals surface area contributed by atoms with E-state index in [1.807, 2.05) is 13.8 Å². The molecule has 1 amide bonds. The number of carboxylic acid groups (broad SMARTS) is 1. The first-order chi connectivity index (χ1) is 11.2. The fraction of sp³-hybridized carbons (Fsp3) is 0.529. The first-order valence-corrected chi connectivity index (χ1v) is 8.12. The molecule has 0 aliphatic carbocycles. The predicted molar refractivity (Wildman–Crippen MR) is 92.1 cm³/mol. The van der Waals surface area contributed by atoms with Crippen molar-refractivity contribution in [2.45, 2.75) is 27.2 Å². The highest BCUT2D eigenvalue weighted by molar-refractivity contribution is 6.32. The van der Waals surface area contributed by atoms with Crippen LogP contribution in [0, 0.1) is 11.8 Å². The zero-order valence-corrected chi connectivity index (χ0v) is 15.1. The van der Waals surface area contributed by atoms with Gasteiger partial charge >= 0.3 is 5.97 Å². The number of halogens is 1. The Balaban J connectivity index is 2.83. The molecule has 1 aromatic carbocycles. The van der Waals surface area contributed by atoms with Gasteiger partial charge in [0.25, 0.3) is 5.91 Å². The third kappa shape index (κ3) is 6.28. The summed E-state index contributed by atoms with van der Waals surface area (Å²) in [4.78, 5) is 22.9. The molecule has 1 unspecified atom stereocenters. The van der Waals surface area contributed by atoms with Crippen molar-refractivity contribution in [1.29, 1.82) is 0 Å². The number of aliphatic carboxylic acids is 1. The van der Waals surface area contributed by atoms with Crippen LogP contribution in [0.15, 0.2) is 12.1 Å². The number of rotatable bonds is 9. The first kappa shape index (κ1) is 20.1. The topological polar surface area (TPSA) is 84.9 Å². The van der Waals surface area contributed by atoms with E-state index in [0.717, 1.165) is 0 Å². The molecular formula is C17H24ClNO5. The number of hydrogen-bond acceptors (Lipinski definition) is 4. The molecule has 0 heterocycles. The summed E-state index contributed by atoms with van der Waals surface area (Å²) in [5, 5.41) is 11.7. The maximum atomic E-state index is 12.2. The highest BCUT2D eigenvalue weighted by atomic mass is 35.5. The zero-order chi connectivity index (χ0) is 18.3. The molecule has 1 rings (SSSR count). The highest BCUT2D eigenvalue weighted by Crippen LogP contribution is 2.36. The van der Waals surface area contributed by atoms with Gasteiger partial charge in [0.15, 0.2) is 11.5 Å². The lowest BCUT2D eigenvalue weighted by Crippen LogP contribution is -2.29. The molecule has 7 heteroatoms. The van der Waals surface area contributed by atoms with Crippen LogP contribution in [-0.2, 0) is 4.79 Å². The van der Waals surface area contributed by atoms with Crippen LogP contribution in [0.1, 0.15) is 37.6 Å². The van der Waals surface area contributed by atoms with Crippen LogP contribution in [0.2, 0.25) is 5.02 Å². The first-order valence-electron chi connectivity index (χ1n) is 7.74. The zero-order valence-electron chi connectivity index (χ0n) is 14.4. The van der Waals surface area contributed by atoms with E-state index in [9.17, 15) is 9.59 Å². The summed E-state index contributed by atoms with van der Waals surface area (Å²) >= 11 is 6.21. The largest absolute Gasteiger partial charge is 0.493 e. The van der Waals surface area contributed by atoms with Crippen molar-refractivity contribution in [3.63, 3.8) is 0 Å². The number of carbonyl (C=O) groups excluding carboxylic acids is 1. The SMILES string of the molecule is COc1cc(C(=O)NCC(C)CC(=O)O)cc(Cl)c1OCC(C)C. The maximum Gasteiger partial charge on any atom is 0.303 e. The molecule has 0 bridgehead atoms. The maximum absolute atomic E-state index is 12.2. The van der Waals surface area contributed by atoms with Gasteiger partial charge in [-0.3, -0.25) is 9.59 Å². The Kier molecular flexibility index (Phi) is 7.85. The quantitative estimate of drug-likeness (QED) is 0.708. The van der Waals surface area contributed by atoms with Gasteiger partial charge in [-0.1, -0.05) is 32.4 Å². The summed E-state index contributed by atoms with van der Waals surface area (Å²) in [5.74, 6) is -0.298.